The lowest BCUT2D eigenvalue weighted by molar-refractivity contribution is -0.0396. The third kappa shape index (κ3) is 6.91. The molecule has 1 fully saturated rings. The third-order valence-electron chi connectivity index (χ3n) is 3.31. The number of halogens is 2. The van der Waals surface area contributed by atoms with Crippen LogP contribution < -0.4 is 0 Å². The SMILES string of the molecule is C1=COCCC1.Fc1cn[nH]c1.Fc1cnn(C2CCCCO2)c1. The van der Waals surface area contributed by atoms with E-state index in [9.17, 15) is 8.78 Å². The van der Waals surface area contributed by atoms with Crippen LogP contribution in [0.15, 0.2) is 37.1 Å². The zero-order chi connectivity index (χ0) is 17.0. The zero-order valence-corrected chi connectivity index (χ0v) is 13.4. The van der Waals surface area contributed by atoms with E-state index >= 15 is 0 Å². The minimum absolute atomic E-state index is 0.0525. The first kappa shape index (κ1) is 18.1. The van der Waals surface area contributed by atoms with Gasteiger partial charge in [0.15, 0.2) is 11.6 Å². The second-order valence-electron chi connectivity index (χ2n) is 5.26. The van der Waals surface area contributed by atoms with Gasteiger partial charge < -0.3 is 9.47 Å². The van der Waals surface area contributed by atoms with Crippen molar-refractivity contribution in [2.45, 2.75) is 38.3 Å². The van der Waals surface area contributed by atoms with Crippen LogP contribution in [0.4, 0.5) is 8.78 Å². The highest BCUT2D eigenvalue weighted by Crippen LogP contribution is 2.21. The van der Waals surface area contributed by atoms with Gasteiger partial charge in [-0.25, -0.2) is 13.5 Å². The Labute approximate surface area is 139 Å². The summed E-state index contributed by atoms with van der Waals surface area (Å²) in [4.78, 5) is 0. The maximum atomic E-state index is 12.5. The molecule has 1 N–H and O–H groups in total. The van der Waals surface area contributed by atoms with Crippen molar-refractivity contribution in [2.24, 2.45) is 0 Å². The highest BCUT2D eigenvalue weighted by molar-refractivity contribution is 4.85. The van der Waals surface area contributed by atoms with Crippen LogP contribution in [0.5, 0.6) is 0 Å². The van der Waals surface area contributed by atoms with Crippen molar-refractivity contribution in [1.82, 2.24) is 20.0 Å². The number of hydrogen-bond donors (Lipinski definition) is 1. The maximum absolute atomic E-state index is 12.5. The number of H-pyrrole nitrogens is 1. The number of aromatic amines is 1. The summed E-state index contributed by atoms with van der Waals surface area (Å²) in [5.74, 6) is -0.626. The molecule has 132 valence electrons. The van der Waals surface area contributed by atoms with E-state index in [1.54, 1.807) is 10.9 Å². The van der Waals surface area contributed by atoms with E-state index in [1.165, 1.54) is 31.4 Å². The Morgan fingerprint density at radius 3 is 2.42 bits per heavy atom. The van der Waals surface area contributed by atoms with Crippen molar-refractivity contribution in [3.05, 3.63) is 48.8 Å². The summed E-state index contributed by atoms with van der Waals surface area (Å²) < 4.78 is 36.0. The number of hydrogen-bond acceptors (Lipinski definition) is 4. The molecule has 0 aliphatic carbocycles. The van der Waals surface area contributed by atoms with E-state index in [0.29, 0.717) is 0 Å². The highest BCUT2D eigenvalue weighted by Gasteiger charge is 2.16. The van der Waals surface area contributed by atoms with Gasteiger partial charge >= 0.3 is 0 Å². The van der Waals surface area contributed by atoms with Gasteiger partial charge in [0.25, 0.3) is 0 Å². The van der Waals surface area contributed by atoms with Crippen LogP contribution in [0.1, 0.15) is 38.3 Å². The number of allylic oxidation sites excluding steroid dienone is 1. The largest absolute Gasteiger partial charge is 0.502 e. The van der Waals surface area contributed by atoms with Gasteiger partial charge in [0.1, 0.15) is 6.23 Å². The van der Waals surface area contributed by atoms with Crippen molar-refractivity contribution in [3.8, 4) is 0 Å². The molecular weight excluding hydrogens is 318 g/mol. The van der Waals surface area contributed by atoms with Gasteiger partial charge in [-0.3, -0.25) is 5.10 Å². The first-order valence-electron chi connectivity index (χ1n) is 7.98. The smallest absolute Gasteiger partial charge is 0.161 e. The Hall–Kier alpha value is -2.22. The third-order valence-corrected chi connectivity index (χ3v) is 3.31. The molecule has 6 nitrogen and oxygen atoms in total. The van der Waals surface area contributed by atoms with Crippen molar-refractivity contribution in [1.29, 1.82) is 0 Å². The molecular formula is C16H22F2N4O2. The van der Waals surface area contributed by atoms with Gasteiger partial charge in [-0.2, -0.15) is 10.2 Å². The molecule has 1 saturated heterocycles. The van der Waals surface area contributed by atoms with Crippen LogP contribution in [-0.2, 0) is 9.47 Å². The molecule has 2 aromatic heterocycles. The van der Waals surface area contributed by atoms with Gasteiger partial charge in [-0.1, -0.05) is 0 Å². The topological polar surface area (TPSA) is 65.0 Å². The monoisotopic (exact) mass is 340 g/mol. The van der Waals surface area contributed by atoms with Gasteiger partial charge in [0.05, 0.1) is 37.7 Å². The van der Waals surface area contributed by atoms with Gasteiger partial charge in [-0.05, 0) is 38.2 Å². The Balaban J connectivity index is 0.000000146. The summed E-state index contributed by atoms with van der Waals surface area (Å²) in [6.07, 6.45) is 14.2. The number of aromatic nitrogens is 4. The fraction of sp³-hybridized carbons (Fsp3) is 0.500. The summed E-state index contributed by atoms with van der Waals surface area (Å²) in [6, 6.07) is 0. The average molecular weight is 340 g/mol. The molecule has 4 heterocycles. The second-order valence-corrected chi connectivity index (χ2v) is 5.26. The molecule has 0 bridgehead atoms. The Morgan fingerprint density at radius 1 is 1.12 bits per heavy atom. The number of nitrogens with one attached hydrogen (secondary N) is 1. The fourth-order valence-corrected chi connectivity index (χ4v) is 2.13. The summed E-state index contributed by atoms with van der Waals surface area (Å²) >= 11 is 0. The van der Waals surface area contributed by atoms with Crippen LogP contribution in [0.25, 0.3) is 0 Å². The Kier molecular flexibility index (Phi) is 7.96. The van der Waals surface area contributed by atoms with E-state index < -0.39 is 0 Å². The first-order chi connectivity index (χ1) is 11.8. The predicted octanol–water partition coefficient (Wildman–Crippen LogP) is 3.58. The molecule has 0 saturated carbocycles. The summed E-state index contributed by atoms with van der Waals surface area (Å²) in [7, 11) is 0. The lowest BCUT2D eigenvalue weighted by atomic mass is 10.2. The number of rotatable bonds is 1. The standard InChI is InChI=1S/C8H11FN2O.C5H8O.C3H3FN2/c9-7-5-10-11(6-7)8-3-1-2-4-12-8;1-2-4-6-5-3-1;4-3-1-5-6-2-3/h5-6,8H,1-4H2;2,4H,1,3,5H2;1-2H,(H,5,6). The van der Waals surface area contributed by atoms with E-state index in [1.807, 2.05) is 6.08 Å². The average Bonchev–Trinajstić information content (AvgIpc) is 3.30. The van der Waals surface area contributed by atoms with Crippen LogP contribution in [0.2, 0.25) is 0 Å². The molecule has 0 spiro atoms. The van der Waals surface area contributed by atoms with Crippen molar-refractivity contribution >= 4 is 0 Å². The molecule has 1 unspecified atom stereocenters. The minimum atomic E-state index is -0.324. The quantitative estimate of drug-likeness (QED) is 0.862. The van der Waals surface area contributed by atoms with Crippen molar-refractivity contribution < 1.29 is 18.3 Å². The highest BCUT2D eigenvalue weighted by atomic mass is 19.1. The van der Waals surface area contributed by atoms with Crippen LogP contribution in [0.3, 0.4) is 0 Å². The molecule has 24 heavy (non-hydrogen) atoms. The van der Waals surface area contributed by atoms with Gasteiger partial charge in [-0.15, -0.1) is 0 Å². The molecule has 0 radical (unpaired) electrons. The maximum Gasteiger partial charge on any atom is 0.161 e. The van der Waals surface area contributed by atoms with E-state index in [2.05, 4.69) is 15.3 Å². The normalized spacial score (nSPS) is 19.3. The van der Waals surface area contributed by atoms with E-state index in [-0.39, 0.29) is 17.9 Å². The Morgan fingerprint density at radius 2 is 2.04 bits per heavy atom. The first-order valence-corrected chi connectivity index (χ1v) is 7.98. The zero-order valence-electron chi connectivity index (χ0n) is 13.4. The molecule has 4 rings (SSSR count). The van der Waals surface area contributed by atoms with Crippen LogP contribution in [-0.4, -0.2) is 33.2 Å². The van der Waals surface area contributed by atoms with E-state index in [4.69, 9.17) is 9.47 Å². The molecule has 0 amide bonds. The van der Waals surface area contributed by atoms with Crippen LogP contribution >= 0.6 is 0 Å². The van der Waals surface area contributed by atoms with Gasteiger partial charge in [0, 0.05) is 6.61 Å². The summed E-state index contributed by atoms with van der Waals surface area (Å²) in [5, 5.41) is 9.48. The predicted molar refractivity (Wildman–Crippen MR) is 83.9 cm³/mol. The van der Waals surface area contributed by atoms with Crippen molar-refractivity contribution in [2.75, 3.05) is 13.2 Å². The molecule has 1 atom stereocenters. The lowest BCUT2D eigenvalue weighted by Gasteiger charge is -2.22. The summed E-state index contributed by atoms with van der Waals surface area (Å²) in [5.41, 5.74) is 0. The van der Waals surface area contributed by atoms with E-state index in [0.717, 1.165) is 38.7 Å². The molecule has 2 aliphatic heterocycles. The van der Waals surface area contributed by atoms with Gasteiger partial charge in [0.2, 0.25) is 0 Å². The Bertz CT molecular complexity index is 573. The second kappa shape index (κ2) is 10.5. The summed E-state index contributed by atoms with van der Waals surface area (Å²) in [6.45, 7) is 1.67. The number of nitrogens with zero attached hydrogens (tertiary/aromatic N) is 3. The molecule has 0 aromatic carbocycles. The minimum Gasteiger partial charge on any atom is -0.502 e. The number of ether oxygens (including phenoxy) is 2. The fourth-order valence-electron chi connectivity index (χ4n) is 2.13. The van der Waals surface area contributed by atoms with Crippen molar-refractivity contribution in [3.63, 3.8) is 0 Å². The molecule has 2 aromatic rings. The lowest BCUT2D eigenvalue weighted by Crippen LogP contribution is -2.18. The molecule has 2 aliphatic rings. The van der Waals surface area contributed by atoms with Crippen LogP contribution in [0, 0.1) is 11.6 Å². The molecule has 8 heteroatoms.